The van der Waals surface area contributed by atoms with E-state index in [9.17, 15) is 4.79 Å². The van der Waals surface area contributed by atoms with Crippen molar-refractivity contribution in [3.8, 4) is 0 Å². The molecular formula is C10H12N4O2. The van der Waals surface area contributed by atoms with Gasteiger partial charge in [0.05, 0.1) is 6.20 Å². The standard InChI is InChI=1S/C10H12N4O2/c1-5-4-14-9(13-6(5)2)7(3-12-14)8(11)10(15)16/h3-4,8H,11H2,1-2H3,(H,15,16). The van der Waals surface area contributed by atoms with Gasteiger partial charge in [-0.05, 0) is 19.4 Å². The van der Waals surface area contributed by atoms with Crippen LogP contribution in [0.5, 0.6) is 0 Å². The first-order chi connectivity index (χ1) is 7.50. The van der Waals surface area contributed by atoms with Crippen molar-refractivity contribution in [3.63, 3.8) is 0 Å². The minimum Gasteiger partial charge on any atom is -0.480 e. The number of nitrogens with two attached hydrogens (primary N) is 1. The van der Waals surface area contributed by atoms with Crippen molar-refractivity contribution in [2.45, 2.75) is 19.9 Å². The lowest BCUT2D eigenvalue weighted by Gasteiger charge is -2.05. The fraction of sp³-hybridized carbons (Fsp3) is 0.300. The van der Waals surface area contributed by atoms with Crippen LogP contribution in [0.25, 0.3) is 5.65 Å². The number of carboxylic acids is 1. The Hall–Kier alpha value is -1.95. The predicted molar refractivity (Wildman–Crippen MR) is 57.0 cm³/mol. The molecule has 2 rings (SSSR count). The summed E-state index contributed by atoms with van der Waals surface area (Å²) in [5.41, 5.74) is 8.30. The van der Waals surface area contributed by atoms with Gasteiger partial charge in [-0.2, -0.15) is 5.10 Å². The fourth-order valence-electron chi connectivity index (χ4n) is 1.46. The van der Waals surface area contributed by atoms with Crippen molar-refractivity contribution in [3.05, 3.63) is 29.2 Å². The minimum absolute atomic E-state index is 0.426. The predicted octanol–water partition coefficient (Wildman–Crippen LogP) is 0.431. The van der Waals surface area contributed by atoms with E-state index in [0.29, 0.717) is 11.2 Å². The first kappa shape index (κ1) is 10.6. The maximum absolute atomic E-state index is 10.8. The molecule has 0 aromatic carbocycles. The Morgan fingerprint density at radius 1 is 1.56 bits per heavy atom. The van der Waals surface area contributed by atoms with E-state index >= 15 is 0 Å². The number of hydrogen-bond acceptors (Lipinski definition) is 4. The topological polar surface area (TPSA) is 93.5 Å². The van der Waals surface area contributed by atoms with Crippen molar-refractivity contribution in [2.24, 2.45) is 5.73 Å². The summed E-state index contributed by atoms with van der Waals surface area (Å²) in [6.45, 7) is 3.78. The molecule has 16 heavy (non-hydrogen) atoms. The van der Waals surface area contributed by atoms with Gasteiger partial charge >= 0.3 is 5.97 Å². The van der Waals surface area contributed by atoms with Crippen LogP contribution in [-0.4, -0.2) is 25.7 Å². The van der Waals surface area contributed by atoms with Crippen molar-refractivity contribution in [1.29, 1.82) is 0 Å². The van der Waals surface area contributed by atoms with Crippen molar-refractivity contribution in [1.82, 2.24) is 14.6 Å². The zero-order valence-electron chi connectivity index (χ0n) is 9.01. The van der Waals surface area contributed by atoms with Gasteiger partial charge < -0.3 is 10.8 Å². The molecule has 0 bridgehead atoms. The van der Waals surface area contributed by atoms with Gasteiger partial charge in [-0.15, -0.1) is 0 Å². The van der Waals surface area contributed by atoms with Crippen molar-refractivity contribution < 1.29 is 9.90 Å². The van der Waals surface area contributed by atoms with Crippen LogP contribution in [0.15, 0.2) is 12.4 Å². The largest absolute Gasteiger partial charge is 0.480 e. The molecule has 2 heterocycles. The molecule has 0 aliphatic heterocycles. The second-order valence-corrected chi connectivity index (χ2v) is 3.69. The lowest BCUT2D eigenvalue weighted by atomic mass is 10.1. The summed E-state index contributed by atoms with van der Waals surface area (Å²) >= 11 is 0. The molecule has 6 nitrogen and oxygen atoms in total. The Labute approximate surface area is 91.7 Å². The molecule has 1 unspecified atom stereocenters. The van der Waals surface area contributed by atoms with Crippen LogP contribution < -0.4 is 5.73 Å². The molecule has 0 spiro atoms. The van der Waals surface area contributed by atoms with Crippen LogP contribution in [0.2, 0.25) is 0 Å². The van der Waals surface area contributed by atoms with Crippen LogP contribution in [-0.2, 0) is 4.79 Å². The molecule has 0 fully saturated rings. The molecule has 0 aliphatic carbocycles. The quantitative estimate of drug-likeness (QED) is 0.765. The van der Waals surface area contributed by atoms with Gasteiger partial charge in [0.15, 0.2) is 5.65 Å². The first-order valence-corrected chi connectivity index (χ1v) is 4.80. The highest BCUT2D eigenvalue weighted by Gasteiger charge is 2.20. The van der Waals surface area contributed by atoms with E-state index in [2.05, 4.69) is 10.1 Å². The number of aliphatic carboxylic acids is 1. The molecule has 2 aromatic rings. The third-order valence-corrected chi connectivity index (χ3v) is 2.56. The smallest absolute Gasteiger partial charge is 0.325 e. The summed E-state index contributed by atoms with van der Waals surface area (Å²) in [4.78, 5) is 15.1. The van der Waals surface area contributed by atoms with Crippen LogP contribution in [0, 0.1) is 13.8 Å². The third-order valence-electron chi connectivity index (χ3n) is 2.56. The van der Waals surface area contributed by atoms with Crippen LogP contribution in [0.3, 0.4) is 0 Å². The van der Waals surface area contributed by atoms with Gasteiger partial charge in [-0.3, -0.25) is 4.79 Å². The molecule has 3 N–H and O–H groups in total. The maximum atomic E-state index is 10.8. The molecule has 84 valence electrons. The van der Waals surface area contributed by atoms with E-state index in [1.807, 2.05) is 13.8 Å². The Balaban J connectivity index is 2.65. The van der Waals surface area contributed by atoms with E-state index < -0.39 is 12.0 Å². The molecule has 2 aromatic heterocycles. The number of nitrogens with zero attached hydrogens (tertiary/aromatic N) is 3. The Bertz CT molecular complexity index is 561. The molecule has 6 heteroatoms. The lowest BCUT2D eigenvalue weighted by molar-refractivity contribution is -0.138. The van der Waals surface area contributed by atoms with Gasteiger partial charge in [-0.1, -0.05) is 0 Å². The summed E-state index contributed by atoms with van der Waals surface area (Å²) in [5, 5.41) is 12.9. The monoisotopic (exact) mass is 220 g/mol. The highest BCUT2D eigenvalue weighted by molar-refractivity contribution is 5.77. The number of rotatable bonds is 2. The van der Waals surface area contributed by atoms with E-state index in [1.54, 1.807) is 10.7 Å². The Morgan fingerprint density at radius 2 is 2.25 bits per heavy atom. The minimum atomic E-state index is -1.09. The molecule has 0 amide bonds. The normalized spacial score (nSPS) is 12.9. The van der Waals surface area contributed by atoms with Gasteiger partial charge in [0, 0.05) is 17.5 Å². The lowest BCUT2D eigenvalue weighted by Crippen LogP contribution is -2.20. The van der Waals surface area contributed by atoms with E-state index in [0.717, 1.165) is 11.3 Å². The third kappa shape index (κ3) is 1.53. The summed E-state index contributed by atoms with van der Waals surface area (Å²) in [6, 6.07) is -1.09. The van der Waals surface area contributed by atoms with Crippen LogP contribution >= 0.6 is 0 Å². The number of carboxylic acid groups (broad SMARTS) is 1. The summed E-state index contributed by atoms with van der Waals surface area (Å²) < 4.78 is 1.54. The van der Waals surface area contributed by atoms with Crippen LogP contribution in [0.1, 0.15) is 22.9 Å². The molecule has 0 saturated carbocycles. The maximum Gasteiger partial charge on any atom is 0.325 e. The highest BCUT2D eigenvalue weighted by Crippen LogP contribution is 2.17. The summed E-state index contributed by atoms with van der Waals surface area (Å²) in [7, 11) is 0. The Morgan fingerprint density at radius 3 is 2.88 bits per heavy atom. The molecule has 0 saturated heterocycles. The zero-order valence-corrected chi connectivity index (χ0v) is 9.01. The second kappa shape index (κ2) is 3.57. The summed E-state index contributed by atoms with van der Waals surface area (Å²) in [6.07, 6.45) is 3.25. The van der Waals surface area contributed by atoms with E-state index in [-0.39, 0.29) is 0 Å². The molecule has 0 radical (unpaired) electrons. The highest BCUT2D eigenvalue weighted by atomic mass is 16.4. The molecule has 0 aliphatic rings. The van der Waals surface area contributed by atoms with Gasteiger partial charge in [0.25, 0.3) is 0 Å². The SMILES string of the molecule is Cc1cn2ncc(C(N)C(=O)O)c2nc1C. The average Bonchev–Trinajstić information content (AvgIpc) is 2.60. The molecule has 1 atom stereocenters. The number of fused-ring (bicyclic) bond motifs is 1. The van der Waals surface area contributed by atoms with Gasteiger partial charge in [0.2, 0.25) is 0 Å². The van der Waals surface area contributed by atoms with E-state index in [1.165, 1.54) is 6.20 Å². The Kier molecular flexibility index (Phi) is 2.35. The zero-order chi connectivity index (χ0) is 11.9. The van der Waals surface area contributed by atoms with Crippen molar-refractivity contribution >= 4 is 11.6 Å². The van der Waals surface area contributed by atoms with Gasteiger partial charge in [0.1, 0.15) is 6.04 Å². The number of hydrogen-bond donors (Lipinski definition) is 2. The number of aryl methyl sites for hydroxylation is 2. The fourth-order valence-corrected chi connectivity index (χ4v) is 1.46. The van der Waals surface area contributed by atoms with Crippen molar-refractivity contribution in [2.75, 3.05) is 0 Å². The van der Waals surface area contributed by atoms with Gasteiger partial charge in [-0.25, -0.2) is 9.50 Å². The second-order valence-electron chi connectivity index (χ2n) is 3.69. The van der Waals surface area contributed by atoms with E-state index in [4.69, 9.17) is 10.8 Å². The summed E-state index contributed by atoms with van der Waals surface area (Å²) in [5.74, 6) is -1.09. The number of carbonyl (C=O) groups is 1. The average molecular weight is 220 g/mol. The number of aromatic nitrogens is 3. The first-order valence-electron chi connectivity index (χ1n) is 4.80. The van der Waals surface area contributed by atoms with Crippen LogP contribution in [0.4, 0.5) is 0 Å². The molecular weight excluding hydrogens is 208 g/mol.